The molecule has 5 heteroatoms. The van der Waals surface area contributed by atoms with Gasteiger partial charge in [0.15, 0.2) is 0 Å². The van der Waals surface area contributed by atoms with Crippen LogP contribution in [0.5, 0.6) is 0 Å². The minimum atomic E-state index is 0.765. The third-order valence-corrected chi connectivity index (χ3v) is 3.84. The van der Waals surface area contributed by atoms with Crippen LogP contribution < -0.4 is 5.32 Å². The van der Waals surface area contributed by atoms with E-state index in [-0.39, 0.29) is 0 Å². The first-order valence-corrected chi connectivity index (χ1v) is 7.48. The highest BCUT2D eigenvalue weighted by Gasteiger charge is 2.03. The van der Waals surface area contributed by atoms with Gasteiger partial charge in [0.25, 0.3) is 0 Å². The van der Waals surface area contributed by atoms with Gasteiger partial charge in [0, 0.05) is 35.7 Å². The Hall–Kier alpha value is -1.10. The molecule has 0 fully saturated rings. The van der Waals surface area contributed by atoms with Gasteiger partial charge in [0.1, 0.15) is 0 Å². The van der Waals surface area contributed by atoms with Gasteiger partial charge >= 0.3 is 0 Å². The van der Waals surface area contributed by atoms with Crippen molar-refractivity contribution < 1.29 is 0 Å². The molecule has 0 amide bonds. The summed E-state index contributed by atoms with van der Waals surface area (Å²) in [6.07, 6.45) is 0. The van der Waals surface area contributed by atoms with Gasteiger partial charge in [0.05, 0.1) is 10.7 Å². The molecule has 0 aliphatic rings. The van der Waals surface area contributed by atoms with Crippen LogP contribution in [0.1, 0.15) is 10.7 Å². The summed E-state index contributed by atoms with van der Waals surface area (Å²) in [6, 6.07) is 7.77. The largest absolute Gasteiger partial charge is 0.384 e. The highest BCUT2D eigenvalue weighted by atomic mass is 35.5. The maximum atomic E-state index is 5.85. The van der Waals surface area contributed by atoms with Gasteiger partial charge in [-0.15, -0.1) is 11.3 Å². The van der Waals surface area contributed by atoms with Crippen LogP contribution in [0.3, 0.4) is 0 Å². The summed E-state index contributed by atoms with van der Waals surface area (Å²) in [7, 11) is 2.11. The van der Waals surface area contributed by atoms with Crippen LogP contribution in [-0.4, -0.2) is 30.0 Å². The minimum absolute atomic E-state index is 0.765. The number of anilines is 1. The number of aryl methyl sites for hydroxylation is 1. The molecule has 0 saturated carbocycles. The fraction of sp³-hybridized carbons (Fsp3) is 0.357. The minimum Gasteiger partial charge on any atom is -0.384 e. The Balaban J connectivity index is 1.71. The molecule has 0 atom stereocenters. The summed E-state index contributed by atoms with van der Waals surface area (Å²) < 4.78 is 0. The normalized spacial score (nSPS) is 10.9. The van der Waals surface area contributed by atoms with Crippen molar-refractivity contribution in [3.63, 3.8) is 0 Å². The summed E-state index contributed by atoms with van der Waals surface area (Å²) in [5.74, 6) is 0. The van der Waals surface area contributed by atoms with Crippen LogP contribution in [0.25, 0.3) is 0 Å². The van der Waals surface area contributed by atoms with E-state index in [1.54, 1.807) is 11.3 Å². The molecule has 0 saturated heterocycles. The first-order valence-electron chi connectivity index (χ1n) is 6.22. The molecular formula is C14H18ClN3S. The quantitative estimate of drug-likeness (QED) is 0.882. The third kappa shape index (κ3) is 4.82. The molecule has 2 rings (SSSR count). The monoisotopic (exact) mass is 295 g/mol. The number of hydrogen-bond donors (Lipinski definition) is 1. The van der Waals surface area contributed by atoms with Gasteiger partial charge in [-0.1, -0.05) is 11.6 Å². The van der Waals surface area contributed by atoms with Gasteiger partial charge in [-0.25, -0.2) is 4.98 Å². The van der Waals surface area contributed by atoms with Gasteiger partial charge in [0.2, 0.25) is 0 Å². The van der Waals surface area contributed by atoms with E-state index in [1.807, 2.05) is 31.2 Å². The van der Waals surface area contributed by atoms with Gasteiger partial charge in [-0.3, -0.25) is 4.90 Å². The number of benzene rings is 1. The Morgan fingerprint density at radius 3 is 2.68 bits per heavy atom. The summed E-state index contributed by atoms with van der Waals surface area (Å²) >= 11 is 7.55. The Morgan fingerprint density at radius 1 is 1.32 bits per heavy atom. The number of hydrogen-bond acceptors (Lipinski definition) is 4. The zero-order valence-corrected chi connectivity index (χ0v) is 12.8. The summed E-state index contributed by atoms with van der Waals surface area (Å²) in [4.78, 5) is 6.73. The predicted octanol–water partition coefficient (Wildman–Crippen LogP) is 3.65. The van der Waals surface area contributed by atoms with Crippen molar-refractivity contribution >= 4 is 28.6 Å². The molecule has 0 aliphatic heterocycles. The van der Waals surface area contributed by atoms with E-state index in [4.69, 9.17) is 11.6 Å². The van der Waals surface area contributed by atoms with E-state index < -0.39 is 0 Å². The number of nitrogens with one attached hydrogen (secondary N) is 1. The molecule has 0 bridgehead atoms. The molecule has 1 aromatic heterocycles. The summed E-state index contributed by atoms with van der Waals surface area (Å²) in [6.45, 7) is 4.81. The molecule has 0 unspecified atom stereocenters. The lowest BCUT2D eigenvalue weighted by Gasteiger charge is -2.16. The molecule has 0 spiro atoms. The van der Waals surface area contributed by atoms with E-state index in [0.29, 0.717) is 0 Å². The molecule has 1 N–H and O–H groups in total. The maximum Gasteiger partial charge on any atom is 0.0897 e. The van der Waals surface area contributed by atoms with Gasteiger partial charge in [-0.05, 0) is 38.2 Å². The van der Waals surface area contributed by atoms with Crippen LogP contribution in [0.4, 0.5) is 5.69 Å². The molecule has 0 aliphatic carbocycles. The lowest BCUT2D eigenvalue weighted by molar-refractivity contribution is 0.336. The van der Waals surface area contributed by atoms with Crippen molar-refractivity contribution in [2.24, 2.45) is 0 Å². The lowest BCUT2D eigenvalue weighted by Crippen LogP contribution is -2.24. The zero-order chi connectivity index (χ0) is 13.7. The van der Waals surface area contributed by atoms with Crippen LogP contribution in [0, 0.1) is 6.92 Å². The predicted molar refractivity (Wildman–Crippen MR) is 83.1 cm³/mol. The second kappa shape index (κ2) is 6.89. The lowest BCUT2D eigenvalue weighted by atomic mass is 10.3. The second-order valence-electron chi connectivity index (χ2n) is 4.53. The standard InChI is InChI=1S/C14H18ClN3S/c1-11-17-14(10-19-11)9-18(2)8-7-16-13-5-3-12(15)4-6-13/h3-6,10,16H,7-9H2,1-2H3. The summed E-state index contributed by atoms with van der Waals surface area (Å²) in [5, 5.41) is 7.39. The number of thiazole rings is 1. The van der Waals surface area contributed by atoms with Crippen LogP contribution >= 0.6 is 22.9 Å². The zero-order valence-electron chi connectivity index (χ0n) is 11.2. The highest BCUT2D eigenvalue weighted by molar-refractivity contribution is 7.09. The van der Waals surface area contributed by atoms with Crippen molar-refractivity contribution in [2.75, 3.05) is 25.5 Å². The Kier molecular flexibility index (Phi) is 5.19. The number of nitrogens with zero attached hydrogens (tertiary/aromatic N) is 2. The number of aromatic nitrogens is 1. The molecule has 1 aromatic carbocycles. The van der Waals surface area contributed by atoms with Crippen LogP contribution in [0.2, 0.25) is 5.02 Å². The molecule has 3 nitrogen and oxygen atoms in total. The summed E-state index contributed by atoms with van der Waals surface area (Å²) in [5.41, 5.74) is 2.25. The molecule has 102 valence electrons. The van der Waals surface area contributed by atoms with E-state index in [1.165, 1.54) is 0 Å². The Labute approximate surface area is 123 Å². The van der Waals surface area contributed by atoms with Crippen molar-refractivity contribution in [1.29, 1.82) is 0 Å². The van der Waals surface area contributed by atoms with Crippen molar-refractivity contribution in [3.05, 3.63) is 45.4 Å². The van der Waals surface area contributed by atoms with Crippen molar-refractivity contribution in [1.82, 2.24) is 9.88 Å². The third-order valence-electron chi connectivity index (χ3n) is 2.77. The van der Waals surface area contributed by atoms with E-state index in [0.717, 1.165) is 41.0 Å². The molecule has 2 aromatic rings. The average molecular weight is 296 g/mol. The fourth-order valence-corrected chi connectivity index (χ4v) is 2.53. The van der Waals surface area contributed by atoms with Crippen molar-refractivity contribution in [3.8, 4) is 0 Å². The molecular weight excluding hydrogens is 278 g/mol. The first-order chi connectivity index (χ1) is 9.13. The van der Waals surface area contributed by atoms with Crippen molar-refractivity contribution in [2.45, 2.75) is 13.5 Å². The average Bonchev–Trinajstić information content (AvgIpc) is 2.77. The topological polar surface area (TPSA) is 28.2 Å². The van der Waals surface area contributed by atoms with E-state index in [9.17, 15) is 0 Å². The maximum absolute atomic E-state index is 5.85. The SMILES string of the molecule is Cc1nc(CN(C)CCNc2ccc(Cl)cc2)cs1. The van der Waals surface area contributed by atoms with E-state index >= 15 is 0 Å². The molecule has 19 heavy (non-hydrogen) atoms. The Bertz CT molecular complexity index is 510. The fourth-order valence-electron chi connectivity index (χ4n) is 1.80. The number of rotatable bonds is 6. The first kappa shape index (κ1) is 14.3. The van der Waals surface area contributed by atoms with E-state index in [2.05, 4.69) is 27.6 Å². The second-order valence-corrected chi connectivity index (χ2v) is 6.03. The van der Waals surface area contributed by atoms with Gasteiger partial charge < -0.3 is 5.32 Å². The van der Waals surface area contributed by atoms with Crippen LogP contribution in [-0.2, 0) is 6.54 Å². The molecule has 1 heterocycles. The number of likely N-dealkylation sites (N-methyl/N-ethyl adjacent to an activating group) is 1. The smallest absolute Gasteiger partial charge is 0.0897 e. The van der Waals surface area contributed by atoms with Crippen LogP contribution in [0.15, 0.2) is 29.6 Å². The highest BCUT2D eigenvalue weighted by Crippen LogP contribution is 2.13. The van der Waals surface area contributed by atoms with Gasteiger partial charge in [-0.2, -0.15) is 0 Å². The Morgan fingerprint density at radius 2 is 2.05 bits per heavy atom. The molecule has 0 radical (unpaired) electrons. The number of halogens is 1.